The van der Waals surface area contributed by atoms with Crippen molar-refractivity contribution in [3.63, 3.8) is 0 Å². The van der Waals surface area contributed by atoms with Gasteiger partial charge in [-0.25, -0.2) is 0 Å². The van der Waals surface area contributed by atoms with Crippen molar-refractivity contribution in [2.75, 3.05) is 0 Å². The van der Waals surface area contributed by atoms with Gasteiger partial charge in [0.15, 0.2) is 0 Å². The van der Waals surface area contributed by atoms with E-state index < -0.39 is 17.4 Å². The second-order valence-corrected chi connectivity index (χ2v) is 4.93. The minimum Gasteiger partial charge on any atom is -0.481 e. The van der Waals surface area contributed by atoms with Gasteiger partial charge in [-0.05, 0) is 30.5 Å². The van der Waals surface area contributed by atoms with E-state index in [2.05, 4.69) is 0 Å². The summed E-state index contributed by atoms with van der Waals surface area (Å²) in [6, 6.07) is 4.47. The Balaban J connectivity index is 2.31. The van der Waals surface area contributed by atoms with Gasteiger partial charge in [0, 0.05) is 6.04 Å². The molecule has 0 aliphatic heterocycles. The first-order valence-electron chi connectivity index (χ1n) is 4.91. The molecule has 3 nitrogen and oxygen atoms in total. The van der Waals surface area contributed by atoms with Gasteiger partial charge < -0.3 is 10.8 Å². The summed E-state index contributed by atoms with van der Waals surface area (Å²) in [6.07, 6.45) is 1.23. The van der Waals surface area contributed by atoms with Crippen LogP contribution >= 0.6 is 23.2 Å². The van der Waals surface area contributed by atoms with Crippen LogP contribution in [-0.2, 0) is 4.79 Å². The molecule has 16 heavy (non-hydrogen) atoms. The van der Waals surface area contributed by atoms with Crippen molar-refractivity contribution in [1.29, 1.82) is 0 Å². The maximum atomic E-state index is 11.1. The molecule has 0 bridgehead atoms. The molecule has 2 rings (SSSR count). The number of hydrogen-bond acceptors (Lipinski definition) is 2. The molecule has 1 aliphatic carbocycles. The van der Waals surface area contributed by atoms with E-state index in [1.165, 1.54) is 0 Å². The van der Waals surface area contributed by atoms with Crippen LogP contribution in [0.3, 0.4) is 0 Å². The molecule has 5 heteroatoms. The summed E-state index contributed by atoms with van der Waals surface area (Å²) in [5.74, 6) is -0.842. The zero-order valence-electron chi connectivity index (χ0n) is 8.41. The molecule has 0 radical (unpaired) electrons. The zero-order valence-corrected chi connectivity index (χ0v) is 9.92. The van der Waals surface area contributed by atoms with E-state index in [1.54, 1.807) is 18.2 Å². The van der Waals surface area contributed by atoms with Gasteiger partial charge in [-0.15, -0.1) is 0 Å². The lowest BCUT2D eigenvalue weighted by Crippen LogP contribution is -2.29. The molecule has 0 saturated heterocycles. The summed E-state index contributed by atoms with van der Waals surface area (Å²) in [6.45, 7) is 0. The summed E-state index contributed by atoms with van der Waals surface area (Å²) in [5.41, 5.74) is 5.88. The van der Waals surface area contributed by atoms with Crippen molar-refractivity contribution in [3.05, 3.63) is 33.8 Å². The number of halogens is 2. The monoisotopic (exact) mass is 259 g/mol. The lowest BCUT2D eigenvalue weighted by atomic mass is 9.91. The minimum absolute atomic E-state index is 0.399. The molecule has 1 aliphatic rings. The Morgan fingerprint density at radius 1 is 1.38 bits per heavy atom. The van der Waals surface area contributed by atoms with Crippen LogP contribution in [0.15, 0.2) is 18.2 Å². The number of carboxylic acids is 1. The van der Waals surface area contributed by atoms with Gasteiger partial charge >= 0.3 is 5.97 Å². The van der Waals surface area contributed by atoms with Crippen LogP contribution in [0.1, 0.15) is 24.4 Å². The Morgan fingerprint density at radius 3 is 2.44 bits per heavy atom. The lowest BCUT2D eigenvalue weighted by molar-refractivity contribution is -0.144. The largest absolute Gasteiger partial charge is 0.481 e. The van der Waals surface area contributed by atoms with Crippen molar-refractivity contribution in [2.45, 2.75) is 18.9 Å². The van der Waals surface area contributed by atoms with Crippen molar-refractivity contribution in [3.8, 4) is 0 Å². The van der Waals surface area contributed by atoms with Gasteiger partial charge in [0.2, 0.25) is 0 Å². The third-order valence-electron chi connectivity index (χ3n) is 3.11. The Morgan fingerprint density at radius 2 is 2.00 bits per heavy atom. The van der Waals surface area contributed by atoms with Gasteiger partial charge in [-0.2, -0.15) is 0 Å². The topological polar surface area (TPSA) is 63.3 Å². The van der Waals surface area contributed by atoms with Crippen molar-refractivity contribution >= 4 is 29.2 Å². The van der Waals surface area contributed by atoms with E-state index in [-0.39, 0.29) is 0 Å². The van der Waals surface area contributed by atoms with E-state index >= 15 is 0 Å². The van der Waals surface area contributed by atoms with Crippen LogP contribution in [0.2, 0.25) is 10.0 Å². The lowest BCUT2D eigenvalue weighted by Gasteiger charge is -2.19. The molecule has 3 N–H and O–H groups in total. The first-order chi connectivity index (χ1) is 7.47. The fourth-order valence-electron chi connectivity index (χ4n) is 1.82. The molecule has 86 valence electrons. The molecular weight excluding hydrogens is 249 g/mol. The molecule has 1 aromatic rings. The Hall–Kier alpha value is -0.770. The van der Waals surface area contributed by atoms with Gasteiger partial charge in [0.1, 0.15) is 0 Å². The summed E-state index contributed by atoms with van der Waals surface area (Å²) in [7, 11) is 0. The third-order valence-corrected chi connectivity index (χ3v) is 3.85. The Kier molecular flexibility index (Phi) is 2.86. The number of hydrogen-bond donors (Lipinski definition) is 2. The number of aliphatic carboxylic acids is 1. The number of carbonyl (C=O) groups is 1. The highest BCUT2D eigenvalue weighted by molar-refractivity contribution is 6.42. The van der Waals surface area contributed by atoms with E-state index in [1.807, 2.05) is 0 Å². The SMILES string of the molecule is NC(c1ccc(Cl)c(Cl)c1)C1(C(=O)O)CC1. The fraction of sp³-hybridized carbons (Fsp3) is 0.364. The molecular formula is C11H11Cl2NO2. The highest BCUT2D eigenvalue weighted by Crippen LogP contribution is 2.54. The molecule has 0 aromatic heterocycles. The zero-order chi connectivity index (χ0) is 11.9. The highest BCUT2D eigenvalue weighted by Gasteiger charge is 2.55. The standard InChI is InChI=1S/C11H11Cl2NO2/c12-7-2-1-6(5-8(7)13)9(14)11(3-4-11)10(15)16/h1-2,5,9H,3-4,14H2,(H,15,16). The van der Waals surface area contributed by atoms with Crippen LogP contribution in [0.5, 0.6) is 0 Å². The molecule has 1 saturated carbocycles. The van der Waals surface area contributed by atoms with Gasteiger partial charge in [-0.3, -0.25) is 4.79 Å². The average molecular weight is 260 g/mol. The van der Waals surface area contributed by atoms with Crippen LogP contribution in [0, 0.1) is 5.41 Å². The van der Waals surface area contributed by atoms with E-state index in [0.29, 0.717) is 28.5 Å². The molecule has 0 heterocycles. The molecule has 1 fully saturated rings. The number of rotatable bonds is 3. The van der Waals surface area contributed by atoms with Crippen molar-refractivity contribution in [2.24, 2.45) is 11.1 Å². The first-order valence-corrected chi connectivity index (χ1v) is 5.67. The smallest absolute Gasteiger partial charge is 0.311 e. The van der Waals surface area contributed by atoms with Crippen LogP contribution in [0.4, 0.5) is 0 Å². The van der Waals surface area contributed by atoms with Crippen LogP contribution in [-0.4, -0.2) is 11.1 Å². The Bertz CT molecular complexity index is 444. The summed E-state index contributed by atoms with van der Waals surface area (Å²) in [4.78, 5) is 11.1. The molecule has 0 spiro atoms. The summed E-state index contributed by atoms with van der Waals surface area (Å²) >= 11 is 11.7. The molecule has 1 aromatic carbocycles. The maximum Gasteiger partial charge on any atom is 0.311 e. The van der Waals surface area contributed by atoms with Gasteiger partial charge in [0.25, 0.3) is 0 Å². The fourth-order valence-corrected chi connectivity index (χ4v) is 2.12. The summed E-state index contributed by atoms with van der Waals surface area (Å²) in [5, 5.41) is 9.96. The van der Waals surface area contributed by atoms with Gasteiger partial charge in [0.05, 0.1) is 15.5 Å². The molecule has 0 amide bonds. The second-order valence-electron chi connectivity index (χ2n) is 4.11. The van der Waals surface area contributed by atoms with Gasteiger partial charge in [-0.1, -0.05) is 29.3 Å². The van der Waals surface area contributed by atoms with E-state index in [9.17, 15) is 4.79 Å². The molecule has 1 unspecified atom stereocenters. The maximum absolute atomic E-state index is 11.1. The van der Waals surface area contributed by atoms with Crippen LogP contribution in [0.25, 0.3) is 0 Å². The third kappa shape index (κ3) is 1.79. The van der Waals surface area contributed by atoms with Crippen molar-refractivity contribution in [1.82, 2.24) is 0 Å². The average Bonchev–Trinajstić information content (AvgIpc) is 3.02. The predicted molar refractivity (Wildman–Crippen MR) is 62.7 cm³/mol. The van der Waals surface area contributed by atoms with E-state index in [0.717, 1.165) is 0 Å². The highest BCUT2D eigenvalue weighted by atomic mass is 35.5. The summed E-state index contributed by atoms with van der Waals surface area (Å²) < 4.78 is 0. The number of nitrogens with two attached hydrogens (primary N) is 1. The number of carboxylic acid groups (broad SMARTS) is 1. The normalized spacial score (nSPS) is 19.2. The Labute approximate surface area is 103 Å². The molecule has 1 atom stereocenters. The second kappa shape index (κ2) is 3.91. The van der Waals surface area contributed by atoms with Crippen molar-refractivity contribution < 1.29 is 9.90 Å². The quantitative estimate of drug-likeness (QED) is 0.878. The van der Waals surface area contributed by atoms with Crippen LogP contribution < -0.4 is 5.73 Å². The predicted octanol–water partition coefficient (Wildman–Crippen LogP) is 2.86. The first kappa shape index (κ1) is 11.7. The minimum atomic E-state index is -0.842. The number of benzene rings is 1. The van der Waals surface area contributed by atoms with E-state index in [4.69, 9.17) is 34.0 Å².